The van der Waals surface area contributed by atoms with Crippen LogP contribution in [0.4, 0.5) is 0 Å². The van der Waals surface area contributed by atoms with Crippen LogP contribution in [0, 0.1) is 5.92 Å². The molecule has 0 amide bonds. The van der Waals surface area contributed by atoms with Crippen molar-refractivity contribution in [2.45, 2.75) is 26.4 Å². The highest BCUT2D eigenvalue weighted by Crippen LogP contribution is 2.23. The average Bonchev–Trinajstić information content (AvgIpc) is 2.10. The van der Waals surface area contributed by atoms with Gasteiger partial charge in [0.05, 0.1) is 12.0 Å². The summed E-state index contributed by atoms with van der Waals surface area (Å²) in [5.74, 6) is -0.0903. The van der Waals surface area contributed by atoms with E-state index in [1.54, 1.807) is 13.0 Å². The number of rotatable bonds is 1. The summed E-state index contributed by atoms with van der Waals surface area (Å²) in [6.45, 7) is 3.58. The Kier molecular flexibility index (Phi) is 1.90. The van der Waals surface area contributed by atoms with E-state index in [4.69, 9.17) is 5.11 Å². The molecule has 2 unspecified atom stereocenters. The first-order chi connectivity index (χ1) is 4.61. The summed E-state index contributed by atoms with van der Waals surface area (Å²) >= 11 is 0. The third-order valence-corrected chi connectivity index (χ3v) is 1.88. The van der Waals surface area contributed by atoms with Crippen molar-refractivity contribution in [3.8, 4) is 0 Å². The maximum Gasteiger partial charge on any atom is 0.161 e. The second-order valence-corrected chi connectivity index (χ2v) is 2.94. The first-order valence-electron chi connectivity index (χ1n) is 3.50. The molecular weight excluding hydrogens is 128 g/mol. The van der Waals surface area contributed by atoms with Gasteiger partial charge in [-0.2, -0.15) is 0 Å². The molecule has 1 N–H and O–H groups in total. The van der Waals surface area contributed by atoms with Crippen molar-refractivity contribution in [2.75, 3.05) is 0 Å². The lowest BCUT2D eigenvalue weighted by atomic mass is 9.99. The van der Waals surface area contributed by atoms with E-state index < -0.39 is 6.10 Å². The number of carbonyl (C=O) groups is 1. The van der Waals surface area contributed by atoms with Crippen molar-refractivity contribution in [1.82, 2.24) is 0 Å². The predicted molar refractivity (Wildman–Crippen MR) is 38.6 cm³/mol. The zero-order valence-corrected chi connectivity index (χ0v) is 6.29. The van der Waals surface area contributed by atoms with Gasteiger partial charge in [-0.15, -0.1) is 0 Å². The minimum absolute atomic E-state index is 0.0764. The van der Waals surface area contributed by atoms with Crippen LogP contribution in [0.25, 0.3) is 0 Å². The molecule has 56 valence electrons. The maximum absolute atomic E-state index is 11.0. The van der Waals surface area contributed by atoms with Crippen LogP contribution in [0.1, 0.15) is 20.3 Å². The maximum atomic E-state index is 11.0. The Morgan fingerprint density at radius 1 is 1.80 bits per heavy atom. The standard InChI is InChI=1S/C8H12O2/c1-5-3-7(6(2)9)8(10)4-5/h4,6-7,9H,3H2,1-2H3. The van der Waals surface area contributed by atoms with Gasteiger partial charge >= 0.3 is 0 Å². The average molecular weight is 140 g/mol. The normalized spacial score (nSPS) is 28.5. The van der Waals surface area contributed by atoms with Gasteiger partial charge in [0.25, 0.3) is 0 Å². The highest BCUT2D eigenvalue weighted by atomic mass is 16.3. The zero-order chi connectivity index (χ0) is 7.72. The lowest BCUT2D eigenvalue weighted by molar-refractivity contribution is -0.120. The van der Waals surface area contributed by atoms with Crippen LogP contribution in [-0.4, -0.2) is 17.0 Å². The van der Waals surface area contributed by atoms with E-state index in [9.17, 15) is 4.79 Å². The smallest absolute Gasteiger partial charge is 0.161 e. The summed E-state index contributed by atoms with van der Waals surface area (Å²) in [6.07, 6.45) is 1.86. The van der Waals surface area contributed by atoms with Gasteiger partial charge in [-0.1, -0.05) is 5.57 Å². The predicted octanol–water partition coefficient (Wildman–Crippen LogP) is 0.903. The summed E-state index contributed by atoms with van der Waals surface area (Å²) in [4.78, 5) is 11.0. The highest BCUT2D eigenvalue weighted by molar-refractivity contribution is 5.95. The molecular formula is C8H12O2. The van der Waals surface area contributed by atoms with Gasteiger partial charge in [-0.25, -0.2) is 0 Å². The molecule has 0 bridgehead atoms. The van der Waals surface area contributed by atoms with Crippen LogP contribution < -0.4 is 0 Å². The molecule has 0 aromatic carbocycles. The molecule has 0 aromatic rings. The molecule has 0 radical (unpaired) electrons. The number of aliphatic hydroxyl groups is 1. The molecule has 2 nitrogen and oxygen atoms in total. The molecule has 0 heterocycles. The molecule has 0 saturated heterocycles. The van der Waals surface area contributed by atoms with Crippen LogP contribution >= 0.6 is 0 Å². The van der Waals surface area contributed by atoms with Gasteiger partial charge in [0.2, 0.25) is 0 Å². The van der Waals surface area contributed by atoms with E-state index in [1.807, 2.05) is 6.92 Å². The van der Waals surface area contributed by atoms with Crippen molar-refractivity contribution in [1.29, 1.82) is 0 Å². The highest BCUT2D eigenvalue weighted by Gasteiger charge is 2.26. The number of aliphatic hydroxyl groups excluding tert-OH is 1. The molecule has 2 atom stereocenters. The Hall–Kier alpha value is -0.630. The molecule has 10 heavy (non-hydrogen) atoms. The quantitative estimate of drug-likeness (QED) is 0.587. The Morgan fingerprint density at radius 2 is 2.40 bits per heavy atom. The number of carbonyl (C=O) groups excluding carboxylic acids is 1. The molecule has 1 aliphatic carbocycles. The van der Waals surface area contributed by atoms with Crippen LogP contribution in [0.5, 0.6) is 0 Å². The van der Waals surface area contributed by atoms with Gasteiger partial charge in [-0.05, 0) is 26.3 Å². The zero-order valence-electron chi connectivity index (χ0n) is 6.29. The monoisotopic (exact) mass is 140 g/mol. The van der Waals surface area contributed by atoms with Crippen molar-refractivity contribution < 1.29 is 9.90 Å². The number of hydrogen-bond acceptors (Lipinski definition) is 2. The minimum atomic E-state index is -0.499. The molecule has 0 spiro atoms. The van der Waals surface area contributed by atoms with E-state index >= 15 is 0 Å². The van der Waals surface area contributed by atoms with Crippen molar-refractivity contribution in [2.24, 2.45) is 5.92 Å². The second kappa shape index (κ2) is 2.54. The third-order valence-electron chi connectivity index (χ3n) is 1.88. The van der Waals surface area contributed by atoms with Crippen LogP contribution in [0.3, 0.4) is 0 Å². The summed E-state index contributed by atoms with van der Waals surface area (Å²) in [5.41, 5.74) is 1.08. The third kappa shape index (κ3) is 1.27. The van der Waals surface area contributed by atoms with E-state index in [1.165, 1.54) is 0 Å². The van der Waals surface area contributed by atoms with Gasteiger partial charge < -0.3 is 5.11 Å². The van der Waals surface area contributed by atoms with Crippen LogP contribution in [-0.2, 0) is 4.79 Å². The van der Waals surface area contributed by atoms with E-state index in [2.05, 4.69) is 0 Å². The Morgan fingerprint density at radius 3 is 2.60 bits per heavy atom. The Balaban J connectivity index is 2.64. The fourth-order valence-electron chi connectivity index (χ4n) is 1.26. The molecule has 2 heteroatoms. The molecule has 1 aliphatic rings. The fraction of sp³-hybridized carbons (Fsp3) is 0.625. The largest absolute Gasteiger partial charge is 0.393 e. The van der Waals surface area contributed by atoms with Crippen molar-refractivity contribution in [3.05, 3.63) is 11.6 Å². The summed E-state index contributed by atoms with van der Waals surface area (Å²) < 4.78 is 0. The molecule has 0 aromatic heterocycles. The molecule has 0 fully saturated rings. The summed E-state index contributed by atoms with van der Waals surface area (Å²) in [5, 5.41) is 9.09. The van der Waals surface area contributed by atoms with Gasteiger partial charge in [0.1, 0.15) is 0 Å². The van der Waals surface area contributed by atoms with E-state index in [0.717, 1.165) is 12.0 Å². The summed E-state index contributed by atoms with van der Waals surface area (Å²) in [6, 6.07) is 0. The Labute approximate surface area is 60.6 Å². The molecule has 0 aliphatic heterocycles. The van der Waals surface area contributed by atoms with E-state index in [-0.39, 0.29) is 11.7 Å². The van der Waals surface area contributed by atoms with E-state index in [0.29, 0.717) is 0 Å². The summed E-state index contributed by atoms with van der Waals surface area (Å²) in [7, 11) is 0. The first-order valence-corrected chi connectivity index (χ1v) is 3.50. The van der Waals surface area contributed by atoms with Gasteiger partial charge in [0, 0.05) is 0 Å². The van der Waals surface area contributed by atoms with Crippen molar-refractivity contribution in [3.63, 3.8) is 0 Å². The minimum Gasteiger partial charge on any atom is -0.393 e. The lowest BCUT2D eigenvalue weighted by Gasteiger charge is -2.10. The number of ketones is 1. The lowest BCUT2D eigenvalue weighted by Crippen LogP contribution is -2.20. The van der Waals surface area contributed by atoms with Gasteiger partial charge in [0.15, 0.2) is 5.78 Å². The molecule has 0 saturated carbocycles. The van der Waals surface area contributed by atoms with Gasteiger partial charge in [-0.3, -0.25) is 4.79 Å². The van der Waals surface area contributed by atoms with Crippen LogP contribution in [0.15, 0.2) is 11.6 Å². The number of hydrogen-bond donors (Lipinski definition) is 1. The molecule has 1 rings (SSSR count). The topological polar surface area (TPSA) is 37.3 Å². The second-order valence-electron chi connectivity index (χ2n) is 2.94. The van der Waals surface area contributed by atoms with Crippen LogP contribution in [0.2, 0.25) is 0 Å². The first kappa shape index (κ1) is 7.48. The fourth-order valence-corrected chi connectivity index (χ4v) is 1.26. The van der Waals surface area contributed by atoms with Crippen molar-refractivity contribution >= 4 is 5.78 Å². The SMILES string of the molecule is CC1=CC(=O)C(C(C)O)C1. The number of allylic oxidation sites excluding steroid dienone is 2. The Bertz CT molecular complexity index is 180.